The highest BCUT2D eigenvalue weighted by atomic mass is 32.2. The maximum Gasteiger partial charge on any atom is 0.416 e. The Morgan fingerprint density at radius 3 is 2.29 bits per heavy atom. The van der Waals surface area contributed by atoms with Crippen LogP contribution in [0.25, 0.3) is 0 Å². The Labute approximate surface area is 201 Å². The van der Waals surface area contributed by atoms with E-state index in [4.69, 9.17) is 9.47 Å². The predicted molar refractivity (Wildman–Crippen MR) is 124 cm³/mol. The van der Waals surface area contributed by atoms with Crippen LogP contribution in [0.4, 0.5) is 24.5 Å². The van der Waals surface area contributed by atoms with Crippen LogP contribution in [-0.2, 0) is 21.0 Å². The number of hydrogen-bond donors (Lipinski definition) is 0. The largest absolute Gasteiger partial charge is 0.486 e. The molecule has 2 aromatic carbocycles. The zero-order valence-electron chi connectivity index (χ0n) is 19.3. The van der Waals surface area contributed by atoms with E-state index in [1.807, 2.05) is 0 Å². The molecular weight excluding hydrogens is 487 g/mol. The summed E-state index contributed by atoms with van der Waals surface area (Å²) in [4.78, 5) is 16.6. The minimum atomic E-state index is -4.44. The summed E-state index contributed by atoms with van der Waals surface area (Å²) in [5, 5.41) is 0. The van der Waals surface area contributed by atoms with E-state index in [-0.39, 0.29) is 18.8 Å². The van der Waals surface area contributed by atoms with E-state index in [2.05, 4.69) is 0 Å². The van der Waals surface area contributed by atoms with Gasteiger partial charge >= 0.3 is 6.18 Å². The van der Waals surface area contributed by atoms with Crippen molar-refractivity contribution in [3.05, 3.63) is 48.0 Å². The van der Waals surface area contributed by atoms with Gasteiger partial charge in [0.05, 0.1) is 17.5 Å². The van der Waals surface area contributed by atoms with Crippen molar-refractivity contribution in [2.24, 2.45) is 0 Å². The minimum absolute atomic E-state index is 0.248. The number of fused-ring (bicyclic) bond motifs is 1. The lowest BCUT2D eigenvalue weighted by Gasteiger charge is -2.39. The highest BCUT2D eigenvalue weighted by Crippen LogP contribution is 2.36. The third-order valence-electron chi connectivity index (χ3n) is 5.98. The van der Waals surface area contributed by atoms with Crippen LogP contribution in [-0.4, -0.2) is 70.9 Å². The van der Waals surface area contributed by atoms with Gasteiger partial charge in [0.1, 0.15) is 19.3 Å². The molecule has 0 aromatic heterocycles. The van der Waals surface area contributed by atoms with Crippen LogP contribution in [0.1, 0.15) is 12.5 Å². The first kappa shape index (κ1) is 25.0. The number of benzene rings is 2. The minimum Gasteiger partial charge on any atom is -0.486 e. The van der Waals surface area contributed by atoms with Gasteiger partial charge in [-0.05, 0) is 37.3 Å². The number of carbonyl (C=O) groups excluding carboxylic acids is 1. The highest BCUT2D eigenvalue weighted by molar-refractivity contribution is 7.92. The molecule has 190 valence electrons. The van der Waals surface area contributed by atoms with E-state index in [9.17, 15) is 26.4 Å². The summed E-state index contributed by atoms with van der Waals surface area (Å²) < 4.78 is 76.6. The number of hydrogen-bond acceptors (Lipinski definition) is 6. The first-order valence-corrected chi connectivity index (χ1v) is 12.9. The molecule has 8 nitrogen and oxygen atoms in total. The summed E-state index contributed by atoms with van der Waals surface area (Å²) in [5.74, 6) is 0.504. The Kier molecular flexibility index (Phi) is 6.76. The first-order chi connectivity index (χ1) is 16.4. The Morgan fingerprint density at radius 1 is 1.00 bits per heavy atom. The molecule has 0 saturated carbocycles. The SMILES string of the molecule is C[C@@H](C(=O)N1CCN(c2cccc(C(F)(F)F)c2)CC1)N(c1ccc2c(c1)OCCO2)S(C)(=O)=O. The van der Waals surface area contributed by atoms with Gasteiger partial charge in [-0.2, -0.15) is 13.2 Å². The second-order valence-electron chi connectivity index (χ2n) is 8.42. The molecule has 2 aliphatic rings. The Hall–Kier alpha value is -3.15. The van der Waals surface area contributed by atoms with Gasteiger partial charge in [0.15, 0.2) is 11.5 Å². The molecule has 1 fully saturated rings. The summed E-state index contributed by atoms with van der Waals surface area (Å²) in [6.07, 6.45) is -3.41. The van der Waals surface area contributed by atoms with Gasteiger partial charge in [0.25, 0.3) is 0 Å². The fourth-order valence-electron chi connectivity index (χ4n) is 4.30. The van der Waals surface area contributed by atoms with Crippen LogP contribution < -0.4 is 18.7 Å². The van der Waals surface area contributed by atoms with Crippen LogP contribution in [0.5, 0.6) is 11.5 Å². The smallest absolute Gasteiger partial charge is 0.416 e. The van der Waals surface area contributed by atoms with Gasteiger partial charge in [-0.1, -0.05) is 6.07 Å². The van der Waals surface area contributed by atoms with Gasteiger partial charge < -0.3 is 19.3 Å². The van der Waals surface area contributed by atoms with Gasteiger partial charge in [0, 0.05) is 37.9 Å². The van der Waals surface area contributed by atoms with E-state index < -0.39 is 33.7 Å². The monoisotopic (exact) mass is 513 g/mol. The second-order valence-corrected chi connectivity index (χ2v) is 10.3. The number of piperazine rings is 1. The maximum atomic E-state index is 13.3. The van der Waals surface area contributed by atoms with E-state index in [0.29, 0.717) is 43.5 Å². The van der Waals surface area contributed by atoms with Crippen molar-refractivity contribution < 1.29 is 35.9 Å². The molecule has 4 rings (SSSR count). The van der Waals surface area contributed by atoms with Gasteiger partial charge in [-0.3, -0.25) is 9.10 Å². The molecule has 0 unspecified atom stereocenters. The van der Waals surface area contributed by atoms with Crippen molar-refractivity contribution in [2.45, 2.75) is 19.1 Å². The van der Waals surface area contributed by atoms with Crippen LogP contribution in [0.2, 0.25) is 0 Å². The maximum absolute atomic E-state index is 13.3. The van der Waals surface area contributed by atoms with E-state index >= 15 is 0 Å². The molecule has 2 aromatic rings. The van der Waals surface area contributed by atoms with Crippen molar-refractivity contribution in [2.75, 3.05) is 54.9 Å². The topological polar surface area (TPSA) is 79.4 Å². The zero-order valence-corrected chi connectivity index (χ0v) is 20.1. The molecule has 1 amide bonds. The molecule has 0 bridgehead atoms. The lowest BCUT2D eigenvalue weighted by molar-refractivity contribution is -0.137. The number of rotatable bonds is 5. The summed E-state index contributed by atoms with van der Waals surface area (Å²) in [5.41, 5.74) is -0.0282. The lowest BCUT2D eigenvalue weighted by atomic mass is 10.1. The van der Waals surface area contributed by atoms with Crippen LogP contribution in [0.3, 0.4) is 0 Å². The molecule has 0 N–H and O–H groups in total. The average molecular weight is 514 g/mol. The standard InChI is InChI=1S/C23H26F3N3O5S/c1-16(29(35(2,31)32)19-6-7-20-21(15-19)34-13-12-33-20)22(30)28-10-8-27(9-11-28)18-5-3-4-17(14-18)23(24,25)26/h3-7,14-16H,8-13H2,1-2H3/t16-/m0/s1. The molecule has 0 spiro atoms. The number of halogens is 3. The second kappa shape index (κ2) is 9.48. The van der Waals surface area contributed by atoms with Crippen molar-refractivity contribution in [1.29, 1.82) is 0 Å². The third kappa shape index (κ3) is 5.42. The molecule has 0 radical (unpaired) electrons. The zero-order chi connectivity index (χ0) is 25.4. The number of ether oxygens (including phenoxy) is 2. The molecule has 35 heavy (non-hydrogen) atoms. The molecule has 2 heterocycles. The van der Waals surface area contributed by atoms with E-state index in [1.54, 1.807) is 23.1 Å². The summed E-state index contributed by atoms with van der Waals surface area (Å²) in [6.45, 7) is 3.38. The van der Waals surface area contributed by atoms with Gasteiger partial charge in [-0.15, -0.1) is 0 Å². The lowest BCUT2D eigenvalue weighted by Crippen LogP contribution is -2.55. The molecule has 2 aliphatic heterocycles. The van der Waals surface area contributed by atoms with Gasteiger partial charge in [-0.25, -0.2) is 8.42 Å². The fraction of sp³-hybridized carbons (Fsp3) is 0.435. The van der Waals surface area contributed by atoms with Crippen molar-refractivity contribution in [3.8, 4) is 11.5 Å². The summed E-state index contributed by atoms with van der Waals surface area (Å²) in [7, 11) is -3.83. The van der Waals surface area contributed by atoms with Crippen molar-refractivity contribution in [1.82, 2.24) is 4.90 Å². The van der Waals surface area contributed by atoms with Crippen molar-refractivity contribution in [3.63, 3.8) is 0 Å². The number of anilines is 2. The molecule has 1 atom stereocenters. The predicted octanol–water partition coefficient (Wildman–Crippen LogP) is 2.98. The molecule has 12 heteroatoms. The number of carbonyl (C=O) groups is 1. The van der Waals surface area contributed by atoms with Crippen LogP contribution in [0, 0.1) is 0 Å². The fourth-order valence-corrected chi connectivity index (χ4v) is 5.46. The first-order valence-electron chi connectivity index (χ1n) is 11.1. The van der Waals surface area contributed by atoms with Gasteiger partial charge in [0.2, 0.25) is 15.9 Å². The Bertz CT molecular complexity index is 1200. The molecular formula is C23H26F3N3O5S. The molecule has 0 aliphatic carbocycles. The number of alkyl halides is 3. The Morgan fingerprint density at radius 2 is 1.66 bits per heavy atom. The van der Waals surface area contributed by atoms with Crippen LogP contribution >= 0.6 is 0 Å². The molecule has 1 saturated heterocycles. The van der Waals surface area contributed by atoms with Crippen molar-refractivity contribution >= 4 is 27.3 Å². The average Bonchev–Trinajstić information content (AvgIpc) is 2.82. The number of amides is 1. The third-order valence-corrected chi connectivity index (χ3v) is 7.22. The van der Waals surface area contributed by atoms with E-state index in [1.165, 1.54) is 24.0 Å². The van der Waals surface area contributed by atoms with Crippen LogP contribution in [0.15, 0.2) is 42.5 Å². The summed E-state index contributed by atoms with van der Waals surface area (Å²) >= 11 is 0. The Balaban J connectivity index is 1.48. The number of sulfonamides is 1. The van der Waals surface area contributed by atoms with E-state index in [0.717, 1.165) is 22.7 Å². The number of nitrogens with zero attached hydrogens (tertiary/aromatic N) is 3. The quantitative estimate of drug-likeness (QED) is 0.612. The normalized spacial score (nSPS) is 17.2. The summed E-state index contributed by atoms with van der Waals surface area (Å²) in [6, 6.07) is 8.72. The highest BCUT2D eigenvalue weighted by Gasteiger charge is 2.35.